The predicted molar refractivity (Wildman–Crippen MR) is 111 cm³/mol. The van der Waals surface area contributed by atoms with Crippen LogP contribution in [-0.4, -0.2) is 63.0 Å². The summed E-state index contributed by atoms with van der Waals surface area (Å²) in [6, 6.07) is 11.0. The molecule has 2 N–H and O–H groups in total. The summed E-state index contributed by atoms with van der Waals surface area (Å²) in [7, 11) is -2.83. The highest BCUT2D eigenvalue weighted by atomic mass is 32.2. The van der Waals surface area contributed by atoms with E-state index in [1.54, 1.807) is 0 Å². The first-order valence-electron chi connectivity index (χ1n) is 10.1. The standard InChI is InChI=1S/C20H32N4O2S/c1-2-21-20(22-14-18-10-13-27(25,26)16-18)23-19-8-11-24(12-9-19)15-17-6-4-3-5-7-17/h3-7,18-19H,2,8-16H2,1H3,(H2,21,22,23). The molecule has 1 unspecified atom stereocenters. The number of sulfone groups is 1. The first-order valence-corrected chi connectivity index (χ1v) is 11.9. The van der Waals surface area contributed by atoms with E-state index in [1.807, 2.05) is 0 Å². The van der Waals surface area contributed by atoms with E-state index in [2.05, 4.69) is 57.8 Å². The van der Waals surface area contributed by atoms with Crippen molar-refractivity contribution in [1.29, 1.82) is 0 Å². The molecule has 0 amide bonds. The summed E-state index contributed by atoms with van der Waals surface area (Å²) in [5.74, 6) is 1.59. The van der Waals surface area contributed by atoms with Crippen molar-refractivity contribution in [3.63, 3.8) is 0 Å². The van der Waals surface area contributed by atoms with Gasteiger partial charge in [-0.15, -0.1) is 0 Å². The molecule has 2 heterocycles. The van der Waals surface area contributed by atoms with Gasteiger partial charge in [-0.1, -0.05) is 30.3 Å². The fourth-order valence-corrected chi connectivity index (χ4v) is 5.68. The quantitative estimate of drug-likeness (QED) is 0.569. The van der Waals surface area contributed by atoms with Gasteiger partial charge in [-0.05, 0) is 37.7 Å². The third kappa shape index (κ3) is 6.50. The highest BCUT2D eigenvalue weighted by Crippen LogP contribution is 2.18. The van der Waals surface area contributed by atoms with Crippen LogP contribution < -0.4 is 10.6 Å². The van der Waals surface area contributed by atoms with Gasteiger partial charge in [-0.2, -0.15) is 0 Å². The smallest absolute Gasteiger partial charge is 0.191 e. The second-order valence-corrected chi connectivity index (χ2v) is 9.90. The van der Waals surface area contributed by atoms with Gasteiger partial charge < -0.3 is 10.6 Å². The molecule has 0 bridgehead atoms. The molecule has 1 aromatic carbocycles. The summed E-state index contributed by atoms with van der Waals surface area (Å²) >= 11 is 0. The summed E-state index contributed by atoms with van der Waals surface area (Å²) in [4.78, 5) is 7.16. The number of hydrogen-bond donors (Lipinski definition) is 2. The van der Waals surface area contributed by atoms with Crippen molar-refractivity contribution in [2.45, 2.75) is 38.8 Å². The molecule has 27 heavy (non-hydrogen) atoms. The van der Waals surface area contributed by atoms with Crippen molar-refractivity contribution in [3.05, 3.63) is 35.9 Å². The second-order valence-electron chi connectivity index (χ2n) is 7.67. The minimum absolute atomic E-state index is 0.165. The zero-order valence-electron chi connectivity index (χ0n) is 16.2. The van der Waals surface area contributed by atoms with Crippen LogP contribution in [0.25, 0.3) is 0 Å². The molecule has 0 spiro atoms. The Bertz CT molecular complexity index is 713. The van der Waals surface area contributed by atoms with E-state index < -0.39 is 9.84 Å². The number of hydrogen-bond acceptors (Lipinski definition) is 4. The Morgan fingerprint density at radius 2 is 1.93 bits per heavy atom. The maximum atomic E-state index is 11.6. The zero-order chi connectivity index (χ0) is 19.1. The normalized spacial score (nSPS) is 24.0. The van der Waals surface area contributed by atoms with E-state index in [0.29, 0.717) is 18.3 Å². The van der Waals surface area contributed by atoms with Crippen LogP contribution in [0.2, 0.25) is 0 Å². The Hall–Kier alpha value is -1.60. The number of nitrogens with zero attached hydrogens (tertiary/aromatic N) is 2. The molecule has 0 aliphatic carbocycles. The molecule has 1 atom stereocenters. The van der Waals surface area contributed by atoms with E-state index in [0.717, 1.165) is 51.4 Å². The minimum Gasteiger partial charge on any atom is -0.357 e. The van der Waals surface area contributed by atoms with Gasteiger partial charge in [0, 0.05) is 38.8 Å². The largest absolute Gasteiger partial charge is 0.357 e. The zero-order valence-corrected chi connectivity index (χ0v) is 17.0. The Morgan fingerprint density at radius 1 is 1.19 bits per heavy atom. The van der Waals surface area contributed by atoms with Crippen LogP contribution in [0.3, 0.4) is 0 Å². The summed E-state index contributed by atoms with van der Waals surface area (Å²) in [5, 5.41) is 6.85. The Balaban J connectivity index is 1.45. The van der Waals surface area contributed by atoms with Crippen LogP contribution >= 0.6 is 0 Å². The molecule has 0 saturated carbocycles. The first kappa shape index (κ1) is 20.1. The highest BCUT2D eigenvalue weighted by molar-refractivity contribution is 7.91. The lowest BCUT2D eigenvalue weighted by Gasteiger charge is -2.33. The Labute approximate surface area is 163 Å². The van der Waals surface area contributed by atoms with Gasteiger partial charge in [-0.3, -0.25) is 9.89 Å². The Kier molecular flexibility index (Phi) is 7.13. The SMILES string of the molecule is CCNC(=NCC1CCS(=O)(=O)C1)NC1CCN(Cc2ccccc2)CC1. The van der Waals surface area contributed by atoms with E-state index in [1.165, 1.54) is 5.56 Å². The van der Waals surface area contributed by atoms with E-state index >= 15 is 0 Å². The minimum atomic E-state index is -2.83. The van der Waals surface area contributed by atoms with Gasteiger partial charge in [-0.25, -0.2) is 8.42 Å². The molecule has 0 aromatic heterocycles. The molecule has 2 aliphatic rings. The van der Waals surface area contributed by atoms with Gasteiger partial charge in [0.15, 0.2) is 15.8 Å². The van der Waals surface area contributed by atoms with Crippen LogP contribution in [0, 0.1) is 5.92 Å². The van der Waals surface area contributed by atoms with Gasteiger partial charge >= 0.3 is 0 Å². The monoisotopic (exact) mass is 392 g/mol. The maximum absolute atomic E-state index is 11.6. The van der Waals surface area contributed by atoms with Gasteiger partial charge in [0.2, 0.25) is 0 Å². The van der Waals surface area contributed by atoms with Gasteiger partial charge in [0.1, 0.15) is 0 Å². The Morgan fingerprint density at radius 3 is 2.56 bits per heavy atom. The number of likely N-dealkylation sites (tertiary alicyclic amines) is 1. The van der Waals surface area contributed by atoms with E-state index in [4.69, 9.17) is 0 Å². The lowest BCUT2D eigenvalue weighted by atomic mass is 10.0. The molecule has 6 nitrogen and oxygen atoms in total. The van der Waals surface area contributed by atoms with Crippen molar-refractivity contribution in [2.75, 3.05) is 37.7 Å². The molecule has 2 saturated heterocycles. The summed E-state index contributed by atoms with van der Waals surface area (Å²) < 4.78 is 23.2. The topological polar surface area (TPSA) is 73.8 Å². The molecule has 1 aromatic rings. The fourth-order valence-electron chi connectivity index (χ4n) is 3.83. The molecule has 2 aliphatic heterocycles. The van der Waals surface area contributed by atoms with Crippen LogP contribution in [0.4, 0.5) is 0 Å². The average Bonchev–Trinajstić information content (AvgIpc) is 3.01. The highest BCUT2D eigenvalue weighted by Gasteiger charge is 2.27. The van der Waals surface area contributed by atoms with Crippen molar-refractivity contribution in [1.82, 2.24) is 15.5 Å². The molecular formula is C20H32N4O2S. The van der Waals surface area contributed by atoms with Crippen molar-refractivity contribution >= 4 is 15.8 Å². The van der Waals surface area contributed by atoms with E-state index in [-0.39, 0.29) is 11.7 Å². The summed E-state index contributed by atoms with van der Waals surface area (Å²) in [5.41, 5.74) is 1.37. The molecule has 150 valence electrons. The number of guanidine groups is 1. The third-order valence-electron chi connectivity index (χ3n) is 5.36. The fraction of sp³-hybridized carbons (Fsp3) is 0.650. The number of piperidine rings is 1. The van der Waals surface area contributed by atoms with Gasteiger partial charge in [0.25, 0.3) is 0 Å². The molecular weight excluding hydrogens is 360 g/mol. The van der Waals surface area contributed by atoms with Crippen LogP contribution in [0.1, 0.15) is 31.7 Å². The number of nitrogens with one attached hydrogen (secondary N) is 2. The number of aliphatic imine (C=N–C) groups is 1. The summed E-state index contributed by atoms with van der Waals surface area (Å²) in [6.45, 7) is 6.61. The molecule has 3 rings (SSSR count). The van der Waals surface area contributed by atoms with Crippen molar-refractivity contribution in [3.8, 4) is 0 Å². The lowest BCUT2D eigenvalue weighted by molar-refractivity contribution is 0.198. The second kappa shape index (κ2) is 9.55. The van der Waals surface area contributed by atoms with Crippen LogP contribution in [0.5, 0.6) is 0 Å². The average molecular weight is 393 g/mol. The summed E-state index contributed by atoms with van der Waals surface area (Å²) in [6.07, 6.45) is 2.92. The first-order chi connectivity index (χ1) is 13.0. The molecule has 2 fully saturated rings. The molecule has 0 radical (unpaired) electrons. The van der Waals surface area contributed by atoms with Crippen molar-refractivity contribution < 1.29 is 8.42 Å². The van der Waals surface area contributed by atoms with Gasteiger partial charge in [0.05, 0.1) is 11.5 Å². The number of benzene rings is 1. The number of rotatable bonds is 6. The van der Waals surface area contributed by atoms with E-state index in [9.17, 15) is 8.42 Å². The third-order valence-corrected chi connectivity index (χ3v) is 7.19. The lowest BCUT2D eigenvalue weighted by Crippen LogP contribution is -2.48. The maximum Gasteiger partial charge on any atom is 0.191 e. The molecule has 7 heteroatoms. The van der Waals surface area contributed by atoms with Crippen LogP contribution in [-0.2, 0) is 16.4 Å². The van der Waals surface area contributed by atoms with Crippen molar-refractivity contribution in [2.24, 2.45) is 10.9 Å². The predicted octanol–water partition coefficient (Wildman–Crippen LogP) is 1.64. The van der Waals surface area contributed by atoms with Crippen LogP contribution in [0.15, 0.2) is 35.3 Å².